The summed E-state index contributed by atoms with van der Waals surface area (Å²) in [4.78, 5) is 36.8. The highest BCUT2D eigenvalue weighted by Crippen LogP contribution is 2.23. The number of benzene rings is 2. The van der Waals surface area contributed by atoms with Crippen molar-refractivity contribution in [2.24, 2.45) is 0 Å². The van der Waals surface area contributed by atoms with Gasteiger partial charge in [-0.3, -0.25) is 19.3 Å². The third-order valence-corrected chi connectivity index (χ3v) is 3.59. The first-order valence-corrected chi connectivity index (χ1v) is 7.84. The van der Waals surface area contributed by atoms with E-state index in [9.17, 15) is 14.4 Å². The Balaban J connectivity index is 0.00000338. The van der Waals surface area contributed by atoms with E-state index in [1.165, 1.54) is 18.0 Å². The number of anilines is 1. The number of nitrogens with zero attached hydrogens (tertiary/aromatic N) is 1. The molecular formula is C18H18Cl2N2O4. The second kappa shape index (κ2) is 9.91. The van der Waals surface area contributed by atoms with E-state index in [4.69, 9.17) is 16.7 Å². The van der Waals surface area contributed by atoms with Crippen LogP contribution in [0, 0.1) is 0 Å². The van der Waals surface area contributed by atoms with Gasteiger partial charge in [-0.05, 0) is 25.2 Å². The Morgan fingerprint density at radius 3 is 2.35 bits per heavy atom. The van der Waals surface area contributed by atoms with Gasteiger partial charge in [0, 0.05) is 16.1 Å². The molecule has 0 radical (unpaired) electrons. The Kier molecular flexibility index (Phi) is 8.25. The van der Waals surface area contributed by atoms with Crippen molar-refractivity contribution in [2.45, 2.75) is 0 Å². The molecule has 0 atom stereocenters. The van der Waals surface area contributed by atoms with Gasteiger partial charge in [0.1, 0.15) is 0 Å². The average molecular weight is 397 g/mol. The maximum atomic E-state index is 12.7. The molecule has 0 saturated heterocycles. The molecule has 6 nitrogen and oxygen atoms in total. The third-order valence-electron chi connectivity index (χ3n) is 3.36. The average Bonchev–Trinajstić information content (AvgIpc) is 2.55. The number of carboxylic acid groups (broad SMARTS) is 1. The van der Waals surface area contributed by atoms with E-state index in [-0.39, 0.29) is 36.8 Å². The van der Waals surface area contributed by atoms with Crippen LogP contribution in [-0.2, 0) is 9.59 Å². The standard InChI is InChI=1S/C18H17ClN2O4.ClH/c1-21(11-17(23)24)10-16(22)20-15-8-7-13(19)9-14(15)18(25)12-5-3-2-4-6-12;/h2-9H,10-11H2,1H3,(H,20,22)(H,23,24);1H. The molecule has 2 rings (SSSR count). The second-order valence-electron chi connectivity index (χ2n) is 5.50. The van der Waals surface area contributed by atoms with Crippen LogP contribution in [0.5, 0.6) is 0 Å². The highest BCUT2D eigenvalue weighted by molar-refractivity contribution is 6.31. The maximum Gasteiger partial charge on any atom is 0.317 e. The lowest BCUT2D eigenvalue weighted by molar-refractivity contribution is -0.138. The zero-order chi connectivity index (χ0) is 18.4. The zero-order valence-corrected chi connectivity index (χ0v) is 15.5. The summed E-state index contributed by atoms with van der Waals surface area (Å²) in [5, 5.41) is 11.7. The number of nitrogens with one attached hydrogen (secondary N) is 1. The number of likely N-dealkylation sites (N-methyl/N-ethyl adjacent to an activating group) is 1. The molecule has 0 bridgehead atoms. The van der Waals surface area contributed by atoms with Gasteiger partial charge in [-0.25, -0.2) is 0 Å². The topological polar surface area (TPSA) is 86.7 Å². The van der Waals surface area contributed by atoms with Gasteiger partial charge in [0.2, 0.25) is 5.91 Å². The molecule has 0 aromatic heterocycles. The summed E-state index contributed by atoms with van der Waals surface area (Å²) in [6.45, 7) is -0.377. The van der Waals surface area contributed by atoms with Gasteiger partial charge in [0.25, 0.3) is 0 Å². The molecular weight excluding hydrogens is 379 g/mol. The number of carbonyl (C=O) groups is 3. The number of hydrogen-bond donors (Lipinski definition) is 2. The van der Waals surface area contributed by atoms with Crippen LogP contribution in [0.25, 0.3) is 0 Å². The van der Waals surface area contributed by atoms with Crippen LogP contribution in [0.2, 0.25) is 5.02 Å². The molecule has 0 aliphatic rings. The summed E-state index contributed by atoms with van der Waals surface area (Å²) < 4.78 is 0. The molecule has 1 amide bonds. The minimum absolute atomic E-state index is 0. The Hall–Kier alpha value is -2.41. The number of rotatable bonds is 7. The monoisotopic (exact) mass is 396 g/mol. The van der Waals surface area contributed by atoms with Gasteiger partial charge < -0.3 is 10.4 Å². The largest absolute Gasteiger partial charge is 0.480 e. The predicted molar refractivity (Wildman–Crippen MR) is 102 cm³/mol. The van der Waals surface area contributed by atoms with Gasteiger partial charge in [0.15, 0.2) is 5.78 Å². The summed E-state index contributed by atoms with van der Waals surface area (Å²) >= 11 is 5.99. The molecule has 0 fully saturated rings. The second-order valence-corrected chi connectivity index (χ2v) is 5.94. The van der Waals surface area contributed by atoms with Gasteiger partial charge >= 0.3 is 5.97 Å². The van der Waals surface area contributed by atoms with Crippen molar-refractivity contribution < 1.29 is 19.5 Å². The summed E-state index contributed by atoms with van der Waals surface area (Å²) in [5.41, 5.74) is 1.07. The summed E-state index contributed by atoms with van der Waals surface area (Å²) in [6, 6.07) is 13.3. The van der Waals surface area contributed by atoms with Crippen molar-refractivity contribution in [2.75, 3.05) is 25.5 Å². The first kappa shape index (κ1) is 21.6. The number of amides is 1. The van der Waals surface area contributed by atoms with Gasteiger partial charge in [-0.2, -0.15) is 0 Å². The molecule has 2 aromatic carbocycles. The molecule has 2 aromatic rings. The van der Waals surface area contributed by atoms with E-state index in [1.807, 2.05) is 0 Å². The lowest BCUT2D eigenvalue weighted by atomic mass is 10.0. The third kappa shape index (κ3) is 6.15. The fourth-order valence-corrected chi connectivity index (χ4v) is 2.45. The Morgan fingerprint density at radius 2 is 1.73 bits per heavy atom. The molecule has 26 heavy (non-hydrogen) atoms. The summed E-state index contributed by atoms with van der Waals surface area (Å²) in [5.74, 6) is -1.72. The van der Waals surface area contributed by atoms with Crippen LogP contribution in [-0.4, -0.2) is 47.8 Å². The Bertz CT molecular complexity index is 797. The molecule has 0 spiro atoms. The highest BCUT2D eigenvalue weighted by Gasteiger charge is 2.17. The number of halogens is 2. The van der Waals surface area contributed by atoms with E-state index in [0.717, 1.165) is 0 Å². The van der Waals surface area contributed by atoms with Crippen LogP contribution in [0.15, 0.2) is 48.5 Å². The highest BCUT2D eigenvalue weighted by atomic mass is 35.5. The number of carbonyl (C=O) groups excluding carboxylic acids is 2. The van der Waals surface area contributed by atoms with Crippen molar-refractivity contribution in [3.63, 3.8) is 0 Å². The number of hydrogen-bond acceptors (Lipinski definition) is 4. The fraction of sp³-hybridized carbons (Fsp3) is 0.167. The first-order valence-electron chi connectivity index (χ1n) is 7.46. The van der Waals surface area contributed by atoms with Crippen molar-refractivity contribution in [1.82, 2.24) is 4.90 Å². The number of aliphatic carboxylic acids is 1. The van der Waals surface area contributed by atoms with Crippen LogP contribution < -0.4 is 5.32 Å². The quantitative estimate of drug-likeness (QED) is 0.702. The molecule has 0 unspecified atom stereocenters. The lowest BCUT2D eigenvalue weighted by Crippen LogP contribution is -2.34. The molecule has 138 valence electrons. The Morgan fingerprint density at radius 1 is 1.08 bits per heavy atom. The number of ketones is 1. The normalized spacial score (nSPS) is 10.1. The van der Waals surface area contributed by atoms with Crippen LogP contribution in [0.3, 0.4) is 0 Å². The van der Waals surface area contributed by atoms with E-state index >= 15 is 0 Å². The zero-order valence-electron chi connectivity index (χ0n) is 13.9. The lowest BCUT2D eigenvalue weighted by Gasteiger charge is -2.15. The van der Waals surface area contributed by atoms with Crippen molar-refractivity contribution >= 4 is 47.4 Å². The van der Waals surface area contributed by atoms with Crippen LogP contribution >= 0.6 is 24.0 Å². The minimum Gasteiger partial charge on any atom is -0.480 e. The van der Waals surface area contributed by atoms with Gasteiger partial charge in [0.05, 0.1) is 18.8 Å². The molecule has 0 saturated carbocycles. The summed E-state index contributed by atoms with van der Waals surface area (Å²) in [6.07, 6.45) is 0. The summed E-state index contributed by atoms with van der Waals surface area (Å²) in [7, 11) is 1.52. The predicted octanol–water partition coefficient (Wildman–Crippen LogP) is 2.95. The van der Waals surface area contributed by atoms with Crippen molar-refractivity contribution in [3.05, 3.63) is 64.7 Å². The molecule has 0 heterocycles. The minimum atomic E-state index is -1.03. The van der Waals surface area contributed by atoms with Gasteiger partial charge in [-0.15, -0.1) is 12.4 Å². The Labute approximate surface area is 162 Å². The van der Waals surface area contributed by atoms with E-state index < -0.39 is 11.9 Å². The number of carboxylic acids is 1. The van der Waals surface area contributed by atoms with Crippen molar-refractivity contribution in [1.29, 1.82) is 0 Å². The maximum absolute atomic E-state index is 12.7. The molecule has 2 N–H and O–H groups in total. The van der Waals surface area contributed by atoms with Crippen LogP contribution in [0.4, 0.5) is 5.69 Å². The molecule has 0 aliphatic heterocycles. The van der Waals surface area contributed by atoms with E-state index in [2.05, 4.69) is 5.32 Å². The van der Waals surface area contributed by atoms with Crippen molar-refractivity contribution in [3.8, 4) is 0 Å². The SMILES string of the molecule is CN(CC(=O)O)CC(=O)Nc1ccc(Cl)cc1C(=O)c1ccccc1.Cl. The van der Waals surface area contributed by atoms with E-state index in [0.29, 0.717) is 16.3 Å². The van der Waals surface area contributed by atoms with E-state index in [1.54, 1.807) is 42.5 Å². The first-order chi connectivity index (χ1) is 11.9. The van der Waals surface area contributed by atoms with Gasteiger partial charge in [-0.1, -0.05) is 41.9 Å². The molecule has 0 aliphatic carbocycles. The van der Waals surface area contributed by atoms with Crippen LogP contribution in [0.1, 0.15) is 15.9 Å². The molecule has 8 heteroatoms. The fourth-order valence-electron chi connectivity index (χ4n) is 2.28. The smallest absolute Gasteiger partial charge is 0.317 e.